The van der Waals surface area contributed by atoms with Gasteiger partial charge in [0, 0.05) is 23.6 Å². The Kier molecular flexibility index (Phi) is 5.03. The molecule has 0 bridgehead atoms. The van der Waals surface area contributed by atoms with Crippen molar-refractivity contribution in [3.8, 4) is 17.2 Å². The number of aliphatic hydroxyl groups excluding tert-OH is 1. The number of rotatable bonds is 5. The van der Waals surface area contributed by atoms with E-state index in [0.29, 0.717) is 29.2 Å². The fraction of sp³-hybridized carbons (Fsp3) is 0.550. The van der Waals surface area contributed by atoms with Crippen LogP contribution in [0.15, 0.2) is 23.5 Å². The van der Waals surface area contributed by atoms with Gasteiger partial charge in [0.25, 0.3) is 0 Å². The molecule has 0 unspecified atom stereocenters. The molecule has 1 N–H and O–H groups in total. The molecule has 0 radical (unpaired) electrons. The van der Waals surface area contributed by atoms with E-state index in [1.54, 1.807) is 27.2 Å². The number of carbonyl (C=O) groups excluding carboxylic acids is 1. The zero-order valence-corrected chi connectivity index (χ0v) is 15.9. The molecule has 6 heteroatoms. The summed E-state index contributed by atoms with van der Waals surface area (Å²) >= 11 is 0. The summed E-state index contributed by atoms with van der Waals surface area (Å²) in [7, 11) is 3.19. The van der Waals surface area contributed by atoms with Crippen molar-refractivity contribution in [1.82, 2.24) is 0 Å². The third-order valence-corrected chi connectivity index (χ3v) is 5.30. The summed E-state index contributed by atoms with van der Waals surface area (Å²) in [5.41, 5.74) is 1.23. The van der Waals surface area contributed by atoms with Crippen LogP contribution in [0.5, 0.6) is 17.2 Å². The van der Waals surface area contributed by atoms with E-state index in [2.05, 4.69) is 13.8 Å². The molecule has 3 rings (SSSR count). The lowest BCUT2D eigenvalue weighted by Gasteiger charge is -2.36. The predicted molar refractivity (Wildman–Crippen MR) is 95.9 cm³/mol. The average Bonchev–Trinajstić information content (AvgIpc) is 3.01. The highest BCUT2D eigenvalue weighted by atomic mass is 16.5. The molecule has 0 saturated heterocycles. The summed E-state index contributed by atoms with van der Waals surface area (Å²) in [6.07, 6.45) is -0.173. The zero-order valence-electron chi connectivity index (χ0n) is 15.9. The van der Waals surface area contributed by atoms with Crippen LogP contribution in [0.4, 0.5) is 0 Å². The molecule has 142 valence electrons. The van der Waals surface area contributed by atoms with Gasteiger partial charge in [-0.25, -0.2) is 4.79 Å². The molecule has 0 aromatic heterocycles. The Morgan fingerprint density at radius 3 is 2.62 bits per heavy atom. The van der Waals surface area contributed by atoms with E-state index in [4.69, 9.17) is 18.9 Å². The second kappa shape index (κ2) is 7.09. The fourth-order valence-corrected chi connectivity index (χ4v) is 4.01. The number of fused-ring (bicyclic) bond motifs is 3. The second-order valence-corrected chi connectivity index (χ2v) is 7.00. The maximum atomic E-state index is 12.3. The summed E-state index contributed by atoms with van der Waals surface area (Å²) in [6, 6.07) is 3.62. The maximum Gasteiger partial charge on any atom is 0.337 e. The van der Waals surface area contributed by atoms with E-state index in [1.807, 2.05) is 6.07 Å². The Morgan fingerprint density at radius 1 is 1.31 bits per heavy atom. The Hall–Kier alpha value is -2.37. The first-order valence-electron chi connectivity index (χ1n) is 8.94. The van der Waals surface area contributed by atoms with Gasteiger partial charge in [0.15, 0.2) is 6.10 Å². The van der Waals surface area contributed by atoms with Crippen molar-refractivity contribution in [3.63, 3.8) is 0 Å². The molecule has 0 spiro atoms. The van der Waals surface area contributed by atoms with E-state index in [0.717, 1.165) is 5.56 Å². The van der Waals surface area contributed by atoms with Gasteiger partial charge in [-0.2, -0.15) is 0 Å². The molecule has 3 atom stereocenters. The molecule has 26 heavy (non-hydrogen) atoms. The molecule has 0 amide bonds. The fourth-order valence-electron chi connectivity index (χ4n) is 4.01. The highest BCUT2D eigenvalue weighted by Gasteiger charge is 2.50. The average molecular weight is 362 g/mol. The topological polar surface area (TPSA) is 74.2 Å². The van der Waals surface area contributed by atoms with Gasteiger partial charge in [0.05, 0.1) is 26.4 Å². The van der Waals surface area contributed by atoms with Crippen LogP contribution in [0.3, 0.4) is 0 Å². The van der Waals surface area contributed by atoms with Crippen LogP contribution in [-0.2, 0) is 9.53 Å². The van der Waals surface area contributed by atoms with Crippen molar-refractivity contribution in [2.24, 2.45) is 11.8 Å². The normalized spacial score (nSPS) is 24.0. The quantitative estimate of drug-likeness (QED) is 0.807. The monoisotopic (exact) mass is 362 g/mol. The molecule has 2 aliphatic rings. The van der Waals surface area contributed by atoms with Gasteiger partial charge in [-0.1, -0.05) is 13.8 Å². The summed E-state index contributed by atoms with van der Waals surface area (Å²) in [6.45, 7) is 6.24. The Balaban J connectivity index is 2.12. The van der Waals surface area contributed by atoms with Crippen LogP contribution in [0.25, 0.3) is 0 Å². The molecule has 0 fully saturated rings. The number of carbonyl (C=O) groups is 1. The van der Waals surface area contributed by atoms with E-state index >= 15 is 0 Å². The van der Waals surface area contributed by atoms with Crippen LogP contribution < -0.4 is 14.2 Å². The number of hydrogen-bond donors (Lipinski definition) is 1. The first kappa shape index (κ1) is 18.4. The van der Waals surface area contributed by atoms with Gasteiger partial charge in [-0.05, 0) is 25.2 Å². The number of aliphatic hydroxyl groups is 1. The lowest BCUT2D eigenvalue weighted by atomic mass is 9.69. The van der Waals surface area contributed by atoms with E-state index < -0.39 is 12.1 Å². The second-order valence-electron chi connectivity index (χ2n) is 7.00. The number of benzene rings is 1. The highest BCUT2D eigenvalue weighted by molar-refractivity contribution is 5.89. The Bertz CT molecular complexity index is 736. The van der Waals surface area contributed by atoms with Gasteiger partial charge < -0.3 is 24.1 Å². The minimum atomic E-state index is -0.619. The third-order valence-electron chi connectivity index (χ3n) is 5.30. The third kappa shape index (κ3) is 2.87. The van der Waals surface area contributed by atoms with Gasteiger partial charge in [-0.15, -0.1) is 0 Å². The van der Waals surface area contributed by atoms with E-state index in [9.17, 15) is 9.90 Å². The SMILES string of the molecule is CCOC(=O)C1=C(O)[C@H]2Oc3cc(OC)cc(OC)c3[C@H]2[C@H](C(C)C)C1. The van der Waals surface area contributed by atoms with Crippen molar-refractivity contribution in [1.29, 1.82) is 0 Å². The van der Waals surface area contributed by atoms with Crippen molar-refractivity contribution in [2.45, 2.75) is 39.2 Å². The summed E-state index contributed by atoms with van der Waals surface area (Å²) in [5.74, 6) is 1.70. The largest absolute Gasteiger partial charge is 0.508 e. The first-order chi connectivity index (χ1) is 12.4. The predicted octanol–water partition coefficient (Wildman–Crippen LogP) is 3.60. The zero-order chi connectivity index (χ0) is 19.0. The molecule has 0 saturated carbocycles. The van der Waals surface area contributed by atoms with Gasteiger partial charge >= 0.3 is 5.97 Å². The van der Waals surface area contributed by atoms with Crippen LogP contribution in [-0.4, -0.2) is 38.0 Å². The van der Waals surface area contributed by atoms with Crippen molar-refractivity contribution >= 4 is 5.97 Å². The van der Waals surface area contributed by atoms with Crippen LogP contribution in [0.1, 0.15) is 38.7 Å². The number of esters is 1. The lowest BCUT2D eigenvalue weighted by Crippen LogP contribution is -2.37. The van der Waals surface area contributed by atoms with Crippen LogP contribution >= 0.6 is 0 Å². The number of hydrogen-bond acceptors (Lipinski definition) is 6. The molecule has 6 nitrogen and oxygen atoms in total. The summed E-state index contributed by atoms with van der Waals surface area (Å²) in [5, 5.41) is 10.8. The molecule has 1 aromatic rings. The molecule has 1 aromatic carbocycles. The van der Waals surface area contributed by atoms with Gasteiger partial charge in [0.2, 0.25) is 0 Å². The van der Waals surface area contributed by atoms with Crippen LogP contribution in [0.2, 0.25) is 0 Å². The minimum Gasteiger partial charge on any atom is -0.508 e. The van der Waals surface area contributed by atoms with E-state index in [-0.39, 0.29) is 30.1 Å². The summed E-state index contributed by atoms with van der Waals surface area (Å²) < 4.78 is 22.1. The van der Waals surface area contributed by atoms with Crippen molar-refractivity contribution in [2.75, 3.05) is 20.8 Å². The summed E-state index contributed by atoms with van der Waals surface area (Å²) in [4.78, 5) is 12.3. The maximum absolute atomic E-state index is 12.3. The highest BCUT2D eigenvalue weighted by Crippen LogP contribution is 2.55. The van der Waals surface area contributed by atoms with Gasteiger partial charge in [-0.3, -0.25) is 0 Å². The first-order valence-corrected chi connectivity index (χ1v) is 8.94. The Labute approximate surface area is 153 Å². The smallest absolute Gasteiger partial charge is 0.337 e. The molecule has 1 aliphatic heterocycles. The van der Waals surface area contributed by atoms with Crippen LogP contribution in [0, 0.1) is 11.8 Å². The molecule has 1 heterocycles. The van der Waals surface area contributed by atoms with E-state index in [1.165, 1.54) is 0 Å². The molecular weight excluding hydrogens is 336 g/mol. The standard InChI is InChI=1S/C20H26O6/c1-6-25-20(22)13-9-12(10(2)3)16-17-14(24-5)7-11(23-4)8-15(17)26-19(16)18(13)21/h7-8,10,12,16,19,21H,6,9H2,1-5H3/t12-,16+,19-/m0/s1. The minimum absolute atomic E-state index is 0.0393. The number of methoxy groups -OCH3 is 2. The molecule has 1 aliphatic carbocycles. The van der Waals surface area contributed by atoms with Crippen molar-refractivity contribution in [3.05, 3.63) is 29.0 Å². The van der Waals surface area contributed by atoms with Gasteiger partial charge in [0.1, 0.15) is 23.0 Å². The Morgan fingerprint density at radius 2 is 2.04 bits per heavy atom. The van der Waals surface area contributed by atoms with Crippen molar-refractivity contribution < 1.29 is 28.8 Å². The molecular formula is C20H26O6. The number of ether oxygens (including phenoxy) is 4. The lowest BCUT2D eigenvalue weighted by molar-refractivity contribution is -0.139.